The summed E-state index contributed by atoms with van der Waals surface area (Å²) in [5, 5.41) is 3.57. The van der Waals surface area contributed by atoms with E-state index in [4.69, 9.17) is 11.6 Å². The van der Waals surface area contributed by atoms with Crippen LogP contribution in [0.4, 0.5) is 4.39 Å². The number of nitrogens with one attached hydrogen (secondary N) is 1. The summed E-state index contributed by atoms with van der Waals surface area (Å²) in [6.45, 7) is 3.00. The third kappa shape index (κ3) is 4.19. The summed E-state index contributed by atoms with van der Waals surface area (Å²) in [6.07, 6.45) is 3.43. The zero-order chi connectivity index (χ0) is 16.3. The van der Waals surface area contributed by atoms with Gasteiger partial charge in [-0.05, 0) is 25.3 Å². The van der Waals surface area contributed by atoms with Crippen LogP contribution in [-0.4, -0.2) is 38.1 Å². The maximum Gasteiger partial charge on any atom is 0.211 e. The molecule has 1 fully saturated rings. The number of halogens is 2. The van der Waals surface area contributed by atoms with Gasteiger partial charge in [-0.15, -0.1) is 0 Å². The molecule has 0 bridgehead atoms. The van der Waals surface area contributed by atoms with Gasteiger partial charge >= 0.3 is 0 Å². The third-order valence-electron chi connectivity index (χ3n) is 4.12. The highest BCUT2D eigenvalue weighted by Gasteiger charge is 2.27. The summed E-state index contributed by atoms with van der Waals surface area (Å²) in [4.78, 5) is 0. The van der Waals surface area contributed by atoms with Crippen molar-refractivity contribution in [2.24, 2.45) is 0 Å². The van der Waals surface area contributed by atoms with Gasteiger partial charge in [0.05, 0.1) is 11.3 Å². The molecule has 1 aliphatic rings. The van der Waals surface area contributed by atoms with Crippen molar-refractivity contribution in [3.8, 4) is 0 Å². The smallest absolute Gasteiger partial charge is 0.211 e. The molecule has 1 atom stereocenters. The van der Waals surface area contributed by atoms with E-state index >= 15 is 0 Å². The van der Waals surface area contributed by atoms with E-state index in [9.17, 15) is 12.8 Å². The number of hydrogen-bond acceptors (Lipinski definition) is 3. The molecule has 1 saturated heterocycles. The number of rotatable bonds is 5. The summed E-state index contributed by atoms with van der Waals surface area (Å²) < 4.78 is 38.7. The lowest BCUT2D eigenvalue weighted by molar-refractivity contribution is 0.271. The Morgan fingerprint density at radius 3 is 2.59 bits per heavy atom. The number of benzene rings is 1. The second kappa shape index (κ2) is 7.25. The highest BCUT2D eigenvalue weighted by atomic mass is 35.5. The average Bonchev–Trinajstić information content (AvgIpc) is 2.47. The zero-order valence-corrected chi connectivity index (χ0v) is 14.4. The van der Waals surface area contributed by atoms with Crippen molar-refractivity contribution in [3.05, 3.63) is 34.6 Å². The van der Waals surface area contributed by atoms with Gasteiger partial charge in [0.15, 0.2) is 0 Å². The highest BCUT2D eigenvalue weighted by molar-refractivity contribution is 7.88. The summed E-state index contributed by atoms with van der Waals surface area (Å²) in [6, 6.07) is 5.10. The first kappa shape index (κ1) is 17.7. The van der Waals surface area contributed by atoms with Gasteiger partial charge in [-0.1, -0.05) is 30.7 Å². The Balaban J connectivity index is 2.02. The Bertz CT molecular complexity index is 616. The predicted molar refractivity (Wildman–Crippen MR) is 87.0 cm³/mol. The van der Waals surface area contributed by atoms with E-state index in [0.29, 0.717) is 18.7 Å². The van der Waals surface area contributed by atoms with Gasteiger partial charge in [-0.3, -0.25) is 0 Å². The predicted octanol–water partition coefficient (Wildman–Crippen LogP) is 2.94. The van der Waals surface area contributed by atoms with Crippen LogP contribution >= 0.6 is 11.6 Å². The normalized spacial score (nSPS) is 19.3. The van der Waals surface area contributed by atoms with Gasteiger partial charge in [0.25, 0.3) is 0 Å². The van der Waals surface area contributed by atoms with Crippen LogP contribution in [0.25, 0.3) is 0 Å². The zero-order valence-electron chi connectivity index (χ0n) is 12.9. The van der Waals surface area contributed by atoms with Crippen LogP contribution in [0.2, 0.25) is 5.02 Å². The lowest BCUT2D eigenvalue weighted by Crippen LogP contribution is -2.45. The summed E-state index contributed by atoms with van der Waals surface area (Å²) >= 11 is 5.85. The van der Waals surface area contributed by atoms with Crippen LogP contribution in [0.5, 0.6) is 0 Å². The SMILES string of the molecule is CCC(NC1CCN(S(C)(=O)=O)CC1)c1cccc(Cl)c1F. The Morgan fingerprint density at radius 2 is 2.05 bits per heavy atom. The van der Waals surface area contributed by atoms with E-state index in [1.54, 1.807) is 12.1 Å². The molecule has 0 saturated carbocycles. The molecule has 22 heavy (non-hydrogen) atoms. The summed E-state index contributed by atoms with van der Waals surface area (Å²) in [5.41, 5.74) is 0.570. The van der Waals surface area contributed by atoms with Gasteiger partial charge < -0.3 is 5.32 Å². The molecule has 0 aromatic heterocycles. The van der Waals surface area contributed by atoms with Crippen LogP contribution in [0.1, 0.15) is 37.8 Å². The quantitative estimate of drug-likeness (QED) is 0.890. The maximum atomic E-state index is 14.2. The standard InChI is InChI=1S/C15H22ClFN2O2S/c1-3-14(12-5-4-6-13(16)15(12)17)18-11-7-9-19(10-8-11)22(2,20)21/h4-6,11,14,18H,3,7-10H2,1-2H3. The Morgan fingerprint density at radius 1 is 1.41 bits per heavy atom. The Kier molecular flexibility index (Phi) is 5.82. The number of piperidine rings is 1. The molecule has 1 N–H and O–H groups in total. The topological polar surface area (TPSA) is 49.4 Å². The number of nitrogens with zero attached hydrogens (tertiary/aromatic N) is 1. The highest BCUT2D eigenvalue weighted by Crippen LogP contribution is 2.27. The summed E-state index contributed by atoms with van der Waals surface area (Å²) in [7, 11) is -3.12. The van der Waals surface area contributed by atoms with Gasteiger partial charge in [-0.25, -0.2) is 17.1 Å². The van der Waals surface area contributed by atoms with Crippen LogP contribution in [0.3, 0.4) is 0 Å². The molecule has 1 aromatic carbocycles. The summed E-state index contributed by atoms with van der Waals surface area (Å²) in [5.74, 6) is -0.378. The van der Waals surface area contributed by atoms with Gasteiger partial charge in [0, 0.05) is 30.7 Å². The van der Waals surface area contributed by atoms with E-state index in [-0.39, 0.29) is 22.9 Å². The third-order valence-corrected chi connectivity index (χ3v) is 5.72. The van der Waals surface area contributed by atoms with E-state index in [1.807, 2.05) is 6.92 Å². The molecule has 2 rings (SSSR count). The minimum atomic E-state index is -3.12. The second-order valence-corrected chi connectivity index (χ2v) is 8.10. The van der Waals surface area contributed by atoms with Crippen LogP contribution in [0.15, 0.2) is 18.2 Å². The van der Waals surface area contributed by atoms with Crippen LogP contribution < -0.4 is 5.32 Å². The monoisotopic (exact) mass is 348 g/mol. The first-order valence-electron chi connectivity index (χ1n) is 7.48. The molecular formula is C15H22ClFN2O2S. The molecule has 0 aliphatic carbocycles. The lowest BCUT2D eigenvalue weighted by Gasteiger charge is -2.33. The van der Waals surface area contributed by atoms with E-state index in [2.05, 4.69) is 5.32 Å². The molecule has 4 nitrogen and oxygen atoms in total. The molecule has 0 radical (unpaired) electrons. The van der Waals surface area contributed by atoms with E-state index in [1.165, 1.54) is 16.6 Å². The molecule has 0 amide bonds. The number of hydrogen-bond donors (Lipinski definition) is 1. The fourth-order valence-corrected chi connectivity index (χ4v) is 3.91. The lowest BCUT2D eigenvalue weighted by atomic mass is 9.99. The van der Waals surface area contributed by atoms with Crippen molar-refractivity contribution < 1.29 is 12.8 Å². The Labute approximate surface area is 136 Å². The van der Waals surface area contributed by atoms with Gasteiger partial charge in [0.2, 0.25) is 10.0 Å². The minimum absolute atomic E-state index is 0.117. The van der Waals surface area contributed by atoms with E-state index < -0.39 is 10.0 Å². The van der Waals surface area contributed by atoms with Crippen molar-refractivity contribution in [1.29, 1.82) is 0 Å². The van der Waals surface area contributed by atoms with Crippen LogP contribution in [-0.2, 0) is 10.0 Å². The van der Waals surface area contributed by atoms with Crippen LogP contribution in [0, 0.1) is 5.82 Å². The molecule has 1 heterocycles. The molecule has 1 aromatic rings. The van der Waals surface area contributed by atoms with Gasteiger partial charge in [-0.2, -0.15) is 0 Å². The van der Waals surface area contributed by atoms with Crippen molar-refractivity contribution >= 4 is 21.6 Å². The van der Waals surface area contributed by atoms with Crippen molar-refractivity contribution in [1.82, 2.24) is 9.62 Å². The van der Waals surface area contributed by atoms with E-state index in [0.717, 1.165) is 19.3 Å². The first-order chi connectivity index (χ1) is 10.3. The van der Waals surface area contributed by atoms with Crippen molar-refractivity contribution in [2.45, 2.75) is 38.3 Å². The molecule has 1 aliphatic heterocycles. The van der Waals surface area contributed by atoms with Crippen molar-refractivity contribution in [3.63, 3.8) is 0 Å². The second-order valence-electron chi connectivity index (χ2n) is 5.71. The molecule has 1 unspecified atom stereocenters. The fourth-order valence-electron chi connectivity index (χ4n) is 2.86. The number of sulfonamides is 1. The fraction of sp³-hybridized carbons (Fsp3) is 0.600. The maximum absolute atomic E-state index is 14.2. The van der Waals surface area contributed by atoms with Gasteiger partial charge in [0.1, 0.15) is 5.82 Å². The molecule has 7 heteroatoms. The largest absolute Gasteiger partial charge is 0.307 e. The first-order valence-corrected chi connectivity index (χ1v) is 9.70. The molecule has 0 spiro atoms. The Hall–Kier alpha value is -0.690. The average molecular weight is 349 g/mol. The minimum Gasteiger partial charge on any atom is -0.307 e. The molecule has 124 valence electrons. The molecular weight excluding hydrogens is 327 g/mol. The van der Waals surface area contributed by atoms with Crippen molar-refractivity contribution in [2.75, 3.05) is 19.3 Å².